The van der Waals surface area contributed by atoms with Crippen molar-refractivity contribution in [2.45, 2.75) is 13.0 Å². The van der Waals surface area contributed by atoms with Gasteiger partial charge in [-0.3, -0.25) is 4.79 Å². The van der Waals surface area contributed by atoms with E-state index in [2.05, 4.69) is 28.5 Å². The lowest BCUT2D eigenvalue weighted by molar-refractivity contribution is 0.0734. The van der Waals surface area contributed by atoms with Crippen molar-refractivity contribution < 1.29 is 9.53 Å². The molecule has 4 rings (SSSR count). The van der Waals surface area contributed by atoms with Crippen molar-refractivity contribution >= 4 is 17.4 Å². The van der Waals surface area contributed by atoms with E-state index in [-0.39, 0.29) is 5.91 Å². The summed E-state index contributed by atoms with van der Waals surface area (Å²) < 4.78 is 5.16. The zero-order valence-electron chi connectivity index (χ0n) is 15.2. The highest BCUT2D eigenvalue weighted by Gasteiger charge is 2.21. The van der Waals surface area contributed by atoms with Crippen molar-refractivity contribution in [3.05, 3.63) is 83.6 Å². The van der Waals surface area contributed by atoms with Gasteiger partial charge >= 0.3 is 0 Å². The number of carbonyl (C=O) groups is 1. The summed E-state index contributed by atoms with van der Waals surface area (Å²) in [6.07, 6.45) is 2.53. The van der Waals surface area contributed by atoms with Crippen LogP contribution in [-0.2, 0) is 13.0 Å². The summed E-state index contributed by atoms with van der Waals surface area (Å²) in [5, 5.41) is 3.22. The van der Waals surface area contributed by atoms with Crippen molar-refractivity contribution in [2.24, 2.45) is 0 Å². The van der Waals surface area contributed by atoms with Crippen molar-refractivity contribution in [3.8, 4) is 5.75 Å². The number of ether oxygens (including phenoxy) is 1. The fraction of sp³-hybridized carbons (Fsp3) is 0.182. The summed E-state index contributed by atoms with van der Waals surface area (Å²) in [6.45, 7) is 1.39. The molecule has 0 spiro atoms. The molecular weight excluding hydrogens is 338 g/mol. The van der Waals surface area contributed by atoms with Gasteiger partial charge in [0.15, 0.2) is 0 Å². The van der Waals surface area contributed by atoms with Crippen molar-refractivity contribution in [1.29, 1.82) is 0 Å². The Labute approximate surface area is 158 Å². The number of benzene rings is 2. The molecule has 5 nitrogen and oxygen atoms in total. The molecule has 0 atom stereocenters. The van der Waals surface area contributed by atoms with Gasteiger partial charge in [-0.1, -0.05) is 24.3 Å². The molecule has 1 N–H and O–H groups in total. The average Bonchev–Trinajstić information content (AvgIpc) is 2.74. The predicted molar refractivity (Wildman–Crippen MR) is 105 cm³/mol. The molecule has 1 aliphatic heterocycles. The van der Waals surface area contributed by atoms with E-state index in [4.69, 9.17) is 4.74 Å². The lowest BCUT2D eigenvalue weighted by atomic mass is 9.99. The number of nitrogens with one attached hydrogen (secondary N) is 1. The maximum Gasteiger partial charge on any atom is 0.255 e. The molecule has 1 aromatic heterocycles. The number of aromatic nitrogens is 1. The third-order valence-electron chi connectivity index (χ3n) is 4.79. The Hall–Kier alpha value is -3.34. The van der Waals surface area contributed by atoms with Gasteiger partial charge in [0.25, 0.3) is 5.91 Å². The third kappa shape index (κ3) is 3.77. The Bertz CT molecular complexity index is 937. The van der Waals surface area contributed by atoms with Gasteiger partial charge in [-0.15, -0.1) is 0 Å². The van der Waals surface area contributed by atoms with Crippen LogP contribution in [0.25, 0.3) is 0 Å². The average molecular weight is 359 g/mol. The van der Waals surface area contributed by atoms with Gasteiger partial charge in [-0.05, 0) is 53.9 Å². The fourth-order valence-corrected chi connectivity index (χ4v) is 3.27. The van der Waals surface area contributed by atoms with Crippen LogP contribution in [0, 0.1) is 0 Å². The van der Waals surface area contributed by atoms with Gasteiger partial charge in [-0.25, -0.2) is 4.98 Å². The molecule has 0 saturated heterocycles. The van der Waals surface area contributed by atoms with Gasteiger partial charge in [0.1, 0.15) is 11.6 Å². The van der Waals surface area contributed by atoms with Gasteiger partial charge in [0.2, 0.25) is 0 Å². The number of hydrogen-bond donors (Lipinski definition) is 1. The minimum atomic E-state index is 0.0213. The van der Waals surface area contributed by atoms with E-state index < -0.39 is 0 Å². The maximum atomic E-state index is 12.8. The number of pyridine rings is 1. The highest BCUT2D eigenvalue weighted by Crippen LogP contribution is 2.22. The van der Waals surface area contributed by atoms with Gasteiger partial charge in [0.05, 0.1) is 12.7 Å². The summed E-state index contributed by atoms with van der Waals surface area (Å²) in [5.41, 5.74) is 4.08. The number of anilines is 2. The molecule has 5 heteroatoms. The molecule has 0 saturated carbocycles. The molecule has 1 aliphatic rings. The van der Waals surface area contributed by atoms with E-state index in [0.29, 0.717) is 17.9 Å². The largest absolute Gasteiger partial charge is 0.497 e. The molecule has 0 bridgehead atoms. The number of amides is 1. The monoisotopic (exact) mass is 359 g/mol. The first-order chi connectivity index (χ1) is 13.2. The standard InChI is InChI=1S/C22H21N3O2/c1-27-20-9-7-19(8-10-20)24-21-11-6-17(14-23-21)22(26)25-13-12-16-4-2-3-5-18(16)15-25/h2-11,14H,12-13,15H2,1H3,(H,23,24). The van der Waals surface area contributed by atoms with E-state index in [1.54, 1.807) is 13.3 Å². The summed E-state index contributed by atoms with van der Waals surface area (Å²) in [4.78, 5) is 19.1. The van der Waals surface area contributed by atoms with Crippen LogP contribution in [0.3, 0.4) is 0 Å². The Kier molecular flexibility index (Phi) is 4.75. The lowest BCUT2D eigenvalue weighted by Crippen LogP contribution is -2.35. The van der Waals surface area contributed by atoms with E-state index in [1.807, 2.05) is 47.4 Å². The highest BCUT2D eigenvalue weighted by molar-refractivity contribution is 5.94. The second kappa shape index (κ2) is 7.50. The van der Waals surface area contributed by atoms with E-state index in [0.717, 1.165) is 24.4 Å². The minimum Gasteiger partial charge on any atom is -0.497 e. The molecule has 0 radical (unpaired) electrons. The molecule has 2 heterocycles. The Morgan fingerprint density at radius 1 is 1.04 bits per heavy atom. The van der Waals surface area contributed by atoms with Crippen LogP contribution < -0.4 is 10.1 Å². The number of carbonyl (C=O) groups excluding carboxylic acids is 1. The highest BCUT2D eigenvalue weighted by atomic mass is 16.5. The fourth-order valence-electron chi connectivity index (χ4n) is 3.27. The zero-order chi connectivity index (χ0) is 18.6. The first-order valence-corrected chi connectivity index (χ1v) is 8.96. The molecule has 27 heavy (non-hydrogen) atoms. The van der Waals surface area contributed by atoms with Crippen LogP contribution in [0.4, 0.5) is 11.5 Å². The first-order valence-electron chi connectivity index (χ1n) is 8.96. The van der Waals surface area contributed by atoms with Crippen molar-refractivity contribution in [1.82, 2.24) is 9.88 Å². The summed E-state index contributed by atoms with van der Waals surface area (Å²) >= 11 is 0. The Morgan fingerprint density at radius 2 is 1.81 bits per heavy atom. The molecule has 0 fully saturated rings. The number of hydrogen-bond acceptors (Lipinski definition) is 4. The molecule has 1 amide bonds. The van der Waals surface area contributed by atoms with Gasteiger partial charge < -0.3 is 15.0 Å². The normalized spacial score (nSPS) is 13.0. The predicted octanol–water partition coefficient (Wildman–Crippen LogP) is 4.03. The van der Waals surface area contributed by atoms with Crippen LogP contribution in [0.1, 0.15) is 21.5 Å². The second-order valence-electron chi connectivity index (χ2n) is 6.53. The molecule has 3 aromatic rings. The van der Waals surface area contributed by atoms with Crippen LogP contribution in [0.15, 0.2) is 66.9 Å². The Balaban J connectivity index is 1.43. The summed E-state index contributed by atoms with van der Waals surface area (Å²) in [6, 6.07) is 19.6. The van der Waals surface area contributed by atoms with E-state index in [9.17, 15) is 4.79 Å². The van der Waals surface area contributed by atoms with Gasteiger partial charge in [-0.2, -0.15) is 0 Å². The molecule has 2 aromatic carbocycles. The van der Waals surface area contributed by atoms with Crippen molar-refractivity contribution in [2.75, 3.05) is 19.0 Å². The molecule has 0 aliphatic carbocycles. The SMILES string of the molecule is COc1ccc(Nc2ccc(C(=O)N3CCc4ccccc4C3)cn2)cc1. The number of nitrogens with zero attached hydrogens (tertiary/aromatic N) is 2. The molecular formula is C22H21N3O2. The summed E-state index contributed by atoms with van der Waals surface area (Å²) in [7, 11) is 1.64. The summed E-state index contributed by atoms with van der Waals surface area (Å²) in [5.74, 6) is 1.52. The zero-order valence-corrected chi connectivity index (χ0v) is 15.2. The van der Waals surface area contributed by atoms with Crippen LogP contribution in [0.5, 0.6) is 5.75 Å². The topological polar surface area (TPSA) is 54.5 Å². The lowest BCUT2D eigenvalue weighted by Gasteiger charge is -2.28. The molecule has 0 unspecified atom stereocenters. The number of fused-ring (bicyclic) bond motifs is 1. The number of methoxy groups -OCH3 is 1. The second-order valence-corrected chi connectivity index (χ2v) is 6.53. The maximum absolute atomic E-state index is 12.8. The quantitative estimate of drug-likeness (QED) is 0.764. The van der Waals surface area contributed by atoms with Gasteiger partial charge in [0, 0.05) is 25.0 Å². The molecule has 136 valence electrons. The van der Waals surface area contributed by atoms with Crippen LogP contribution in [0.2, 0.25) is 0 Å². The smallest absolute Gasteiger partial charge is 0.255 e. The third-order valence-corrected chi connectivity index (χ3v) is 4.79. The first kappa shape index (κ1) is 17.1. The van der Waals surface area contributed by atoms with E-state index in [1.165, 1.54) is 11.1 Å². The minimum absolute atomic E-state index is 0.0213. The number of rotatable bonds is 4. The van der Waals surface area contributed by atoms with E-state index >= 15 is 0 Å². The van der Waals surface area contributed by atoms with Crippen LogP contribution >= 0.6 is 0 Å². The Morgan fingerprint density at radius 3 is 2.52 bits per heavy atom. The van der Waals surface area contributed by atoms with Crippen LogP contribution in [-0.4, -0.2) is 29.4 Å². The van der Waals surface area contributed by atoms with Crippen molar-refractivity contribution in [3.63, 3.8) is 0 Å².